The Morgan fingerprint density at radius 3 is 2.70 bits per heavy atom. The van der Waals surface area contributed by atoms with Crippen LogP contribution < -0.4 is 10.1 Å². The van der Waals surface area contributed by atoms with Crippen molar-refractivity contribution in [1.82, 2.24) is 9.88 Å². The van der Waals surface area contributed by atoms with Gasteiger partial charge in [0.15, 0.2) is 0 Å². The van der Waals surface area contributed by atoms with E-state index in [0.29, 0.717) is 17.2 Å². The van der Waals surface area contributed by atoms with Crippen LogP contribution in [0.25, 0.3) is 0 Å². The van der Waals surface area contributed by atoms with Crippen LogP contribution in [0.1, 0.15) is 15.9 Å². The van der Waals surface area contributed by atoms with E-state index in [0.717, 1.165) is 46.9 Å². The molecule has 1 aliphatic heterocycles. The van der Waals surface area contributed by atoms with Gasteiger partial charge in [0.25, 0.3) is 5.91 Å². The summed E-state index contributed by atoms with van der Waals surface area (Å²) >= 11 is 5.41. The number of rotatable bonds is 6. The Balaban J connectivity index is 1.41. The summed E-state index contributed by atoms with van der Waals surface area (Å²) in [6.45, 7) is 3.00. The molecule has 0 radical (unpaired) electrons. The van der Waals surface area contributed by atoms with Crippen molar-refractivity contribution in [3.63, 3.8) is 0 Å². The zero-order chi connectivity index (χ0) is 20.8. The summed E-state index contributed by atoms with van der Waals surface area (Å²) in [6, 6.07) is 18.9. The van der Waals surface area contributed by atoms with E-state index in [-0.39, 0.29) is 5.91 Å². The molecule has 154 valence electrons. The van der Waals surface area contributed by atoms with E-state index in [9.17, 15) is 4.79 Å². The molecule has 1 aliphatic rings. The fourth-order valence-corrected chi connectivity index (χ4v) is 4.56. The van der Waals surface area contributed by atoms with E-state index in [1.165, 1.54) is 6.20 Å². The number of hydrogen-bond acceptors (Lipinski definition) is 5. The molecule has 1 aromatic heterocycles. The van der Waals surface area contributed by atoms with Gasteiger partial charge in [-0.25, -0.2) is 4.98 Å². The number of carbonyl (C=O) groups is 1. The third kappa shape index (κ3) is 5.62. The fraction of sp³-hybridized carbons (Fsp3) is 0.217. The Hall–Kier alpha value is -2.35. The van der Waals surface area contributed by atoms with Gasteiger partial charge in [-0.1, -0.05) is 40.2 Å². The third-order valence-corrected chi connectivity index (χ3v) is 6.22. The number of pyridine rings is 1. The number of nitrogens with zero attached hydrogens (tertiary/aromatic N) is 2. The summed E-state index contributed by atoms with van der Waals surface area (Å²) < 4.78 is 6.66. The molecule has 1 N–H and O–H groups in total. The first-order valence-corrected chi connectivity index (χ1v) is 11.7. The largest absolute Gasteiger partial charge is 0.439 e. The van der Waals surface area contributed by atoms with Gasteiger partial charge in [-0.05, 0) is 35.9 Å². The number of thioether (sulfide) groups is 1. The molecule has 3 aromatic rings. The van der Waals surface area contributed by atoms with Gasteiger partial charge in [0, 0.05) is 53.6 Å². The quantitative estimate of drug-likeness (QED) is 0.505. The molecule has 0 unspecified atom stereocenters. The minimum Gasteiger partial charge on any atom is -0.439 e. The Morgan fingerprint density at radius 2 is 1.93 bits per heavy atom. The van der Waals surface area contributed by atoms with Crippen molar-refractivity contribution in [3.8, 4) is 11.6 Å². The van der Waals surface area contributed by atoms with Crippen LogP contribution in [0.4, 0.5) is 5.69 Å². The predicted octanol–water partition coefficient (Wildman–Crippen LogP) is 5.44. The maximum Gasteiger partial charge on any atom is 0.257 e. The van der Waals surface area contributed by atoms with E-state index in [1.807, 2.05) is 54.2 Å². The molecule has 0 bridgehead atoms. The third-order valence-electron chi connectivity index (χ3n) is 4.78. The number of benzene rings is 2. The predicted molar refractivity (Wildman–Crippen MR) is 125 cm³/mol. The minimum atomic E-state index is -0.182. The van der Waals surface area contributed by atoms with Crippen molar-refractivity contribution < 1.29 is 9.53 Å². The summed E-state index contributed by atoms with van der Waals surface area (Å²) in [5.74, 6) is 3.26. The van der Waals surface area contributed by atoms with Crippen molar-refractivity contribution >= 4 is 39.3 Å². The van der Waals surface area contributed by atoms with Crippen LogP contribution in [0.3, 0.4) is 0 Å². The molecule has 1 amide bonds. The topological polar surface area (TPSA) is 54.5 Å². The molecular weight excluding hydrogens is 462 g/mol. The Morgan fingerprint density at radius 1 is 1.10 bits per heavy atom. The number of aromatic nitrogens is 1. The lowest BCUT2D eigenvalue weighted by Gasteiger charge is -2.27. The maximum atomic E-state index is 12.8. The zero-order valence-electron chi connectivity index (χ0n) is 16.4. The number of carbonyl (C=O) groups excluding carboxylic acids is 1. The average molecular weight is 484 g/mol. The van der Waals surface area contributed by atoms with E-state index in [1.54, 1.807) is 12.1 Å². The fourth-order valence-electron chi connectivity index (χ4n) is 3.20. The molecule has 0 atom stereocenters. The van der Waals surface area contributed by atoms with Gasteiger partial charge in [0.2, 0.25) is 5.88 Å². The van der Waals surface area contributed by atoms with Crippen molar-refractivity contribution in [2.24, 2.45) is 0 Å². The Bertz CT molecular complexity index is 1010. The summed E-state index contributed by atoms with van der Waals surface area (Å²) in [5.41, 5.74) is 2.45. The highest BCUT2D eigenvalue weighted by atomic mass is 79.9. The smallest absolute Gasteiger partial charge is 0.257 e. The molecule has 7 heteroatoms. The molecule has 0 saturated carbocycles. The van der Waals surface area contributed by atoms with Gasteiger partial charge in [-0.2, -0.15) is 11.8 Å². The van der Waals surface area contributed by atoms with Crippen LogP contribution in [0.15, 0.2) is 71.3 Å². The van der Waals surface area contributed by atoms with Crippen LogP contribution in [0.2, 0.25) is 0 Å². The van der Waals surface area contributed by atoms with E-state index in [2.05, 4.69) is 37.2 Å². The van der Waals surface area contributed by atoms with Crippen LogP contribution >= 0.6 is 27.7 Å². The molecule has 1 fully saturated rings. The highest BCUT2D eigenvalue weighted by Gasteiger charge is 2.14. The van der Waals surface area contributed by atoms with Crippen molar-refractivity contribution in [2.45, 2.75) is 6.54 Å². The highest BCUT2D eigenvalue weighted by Crippen LogP contribution is 2.24. The number of nitrogens with one attached hydrogen (secondary N) is 1. The number of para-hydroxylation sites is 1. The lowest BCUT2D eigenvalue weighted by atomic mass is 10.1. The standard InChI is InChI=1S/C23H22BrN3O2S/c24-19-5-3-6-20(14-19)29-22-9-8-17(15-25-22)23(28)26-21-7-2-1-4-18(21)16-27-10-12-30-13-11-27/h1-9,14-15H,10-13,16H2,(H,26,28). The van der Waals surface area contributed by atoms with Gasteiger partial charge in [0.1, 0.15) is 5.75 Å². The number of amides is 1. The number of halogens is 1. The summed E-state index contributed by atoms with van der Waals surface area (Å²) in [4.78, 5) is 19.5. The van der Waals surface area contributed by atoms with Gasteiger partial charge in [-0.15, -0.1) is 0 Å². The number of hydrogen-bond donors (Lipinski definition) is 1. The lowest BCUT2D eigenvalue weighted by molar-refractivity contribution is 0.102. The summed E-state index contributed by atoms with van der Waals surface area (Å²) in [7, 11) is 0. The van der Waals surface area contributed by atoms with Gasteiger partial charge in [-0.3, -0.25) is 9.69 Å². The molecule has 30 heavy (non-hydrogen) atoms. The molecule has 0 spiro atoms. The van der Waals surface area contributed by atoms with E-state index < -0.39 is 0 Å². The second-order valence-electron chi connectivity index (χ2n) is 6.94. The first-order chi connectivity index (χ1) is 14.7. The molecule has 0 aliphatic carbocycles. The molecule has 1 saturated heterocycles. The molecule has 4 rings (SSSR count). The zero-order valence-corrected chi connectivity index (χ0v) is 18.8. The SMILES string of the molecule is O=C(Nc1ccccc1CN1CCSCC1)c1ccc(Oc2cccc(Br)c2)nc1. The number of anilines is 1. The van der Waals surface area contributed by atoms with Crippen molar-refractivity contribution in [1.29, 1.82) is 0 Å². The summed E-state index contributed by atoms with van der Waals surface area (Å²) in [5, 5.41) is 3.04. The molecule has 2 heterocycles. The van der Waals surface area contributed by atoms with Gasteiger partial charge >= 0.3 is 0 Å². The first kappa shape index (κ1) is 20.9. The van der Waals surface area contributed by atoms with Gasteiger partial charge < -0.3 is 10.1 Å². The van der Waals surface area contributed by atoms with Crippen molar-refractivity contribution in [2.75, 3.05) is 29.9 Å². The Kier molecular flexibility index (Phi) is 7.04. The van der Waals surface area contributed by atoms with Gasteiger partial charge in [0.05, 0.1) is 5.56 Å². The van der Waals surface area contributed by atoms with E-state index >= 15 is 0 Å². The number of ether oxygens (including phenoxy) is 1. The van der Waals surface area contributed by atoms with Crippen molar-refractivity contribution in [3.05, 3.63) is 82.5 Å². The lowest BCUT2D eigenvalue weighted by Crippen LogP contribution is -2.32. The second kappa shape index (κ2) is 10.1. The second-order valence-corrected chi connectivity index (χ2v) is 9.08. The van der Waals surface area contributed by atoms with Crippen LogP contribution in [0, 0.1) is 0 Å². The summed E-state index contributed by atoms with van der Waals surface area (Å²) in [6.07, 6.45) is 1.53. The van der Waals surface area contributed by atoms with E-state index in [4.69, 9.17) is 4.74 Å². The van der Waals surface area contributed by atoms with Crippen LogP contribution in [-0.4, -0.2) is 40.4 Å². The normalized spacial score (nSPS) is 14.3. The average Bonchev–Trinajstić information content (AvgIpc) is 2.76. The highest BCUT2D eigenvalue weighted by molar-refractivity contribution is 9.10. The van der Waals surface area contributed by atoms with Crippen LogP contribution in [0.5, 0.6) is 11.6 Å². The maximum absolute atomic E-state index is 12.8. The minimum absolute atomic E-state index is 0.182. The first-order valence-electron chi connectivity index (χ1n) is 9.76. The van der Waals surface area contributed by atoms with Crippen LogP contribution in [-0.2, 0) is 6.54 Å². The monoisotopic (exact) mass is 483 g/mol. The molecule has 2 aromatic carbocycles. The molecular formula is C23H22BrN3O2S. The Labute approximate surface area is 189 Å². The molecule has 5 nitrogen and oxygen atoms in total.